The van der Waals surface area contributed by atoms with Crippen molar-refractivity contribution < 1.29 is 14.3 Å². The Morgan fingerprint density at radius 2 is 1.97 bits per heavy atom. The zero-order chi connectivity index (χ0) is 21.1. The van der Waals surface area contributed by atoms with Crippen molar-refractivity contribution in [2.24, 2.45) is 0 Å². The molecule has 154 valence electrons. The highest BCUT2D eigenvalue weighted by Gasteiger charge is 2.18. The van der Waals surface area contributed by atoms with E-state index in [-0.39, 0.29) is 17.6 Å². The molecule has 0 unspecified atom stereocenters. The Labute approximate surface area is 179 Å². The summed E-state index contributed by atoms with van der Waals surface area (Å²) < 4.78 is 10.5. The fourth-order valence-electron chi connectivity index (χ4n) is 2.81. The number of rotatable bonds is 7. The number of nitrogens with zero attached hydrogens (tertiary/aromatic N) is 2. The van der Waals surface area contributed by atoms with Gasteiger partial charge in [0.25, 0.3) is 0 Å². The van der Waals surface area contributed by atoms with Crippen molar-refractivity contribution in [3.63, 3.8) is 0 Å². The van der Waals surface area contributed by atoms with Crippen LogP contribution in [-0.4, -0.2) is 35.8 Å². The van der Waals surface area contributed by atoms with Crippen LogP contribution >= 0.6 is 23.1 Å². The lowest BCUT2D eigenvalue weighted by Crippen LogP contribution is -2.15. The summed E-state index contributed by atoms with van der Waals surface area (Å²) >= 11 is 3.11. The number of anilines is 1. The largest absolute Gasteiger partial charge is 0.497 e. The minimum atomic E-state index is -0.124. The molecule has 8 heteroatoms. The van der Waals surface area contributed by atoms with E-state index in [1.807, 2.05) is 0 Å². The molecule has 0 saturated carbocycles. The van der Waals surface area contributed by atoms with Gasteiger partial charge in [-0.15, -0.1) is 11.3 Å². The summed E-state index contributed by atoms with van der Waals surface area (Å²) in [7, 11) is 3.15. The Hall–Kier alpha value is -2.32. The summed E-state index contributed by atoms with van der Waals surface area (Å²) in [6.45, 7) is 8.32. The van der Waals surface area contributed by atoms with Crippen LogP contribution in [0.5, 0.6) is 11.5 Å². The molecule has 1 amide bonds. The summed E-state index contributed by atoms with van der Waals surface area (Å²) in [6, 6.07) is 5.29. The summed E-state index contributed by atoms with van der Waals surface area (Å²) in [6.07, 6.45) is 0. The molecule has 0 bridgehead atoms. The smallest absolute Gasteiger partial charge is 0.234 e. The molecule has 3 aromatic rings. The van der Waals surface area contributed by atoms with E-state index < -0.39 is 0 Å². The third-order valence-electron chi connectivity index (χ3n) is 4.55. The van der Waals surface area contributed by atoms with E-state index in [9.17, 15) is 4.79 Å². The molecule has 0 aliphatic heterocycles. The second-order valence-corrected chi connectivity index (χ2v) is 9.08. The molecule has 1 N–H and O–H groups in total. The van der Waals surface area contributed by atoms with Gasteiger partial charge in [0.1, 0.15) is 27.2 Å². The predicted molar refractivity (Wildman–Crippen MR) is 120 cm³/mol. The first-order valence-corrected chi connectivity index (χ1v) is 11.1. The van der Waals surface area contributed by atoms with Gasteiger partial charge in [-0.2, -0.15) is 0 Å². The van der Waals surface area contributed by atoms with Gasteiger partial charge >= 0.3 is 0 Å². The Bertz CT molecular complexity index is 1050. The van der Waals surface area contributed by atoms with Crippen molar-refractivity contribution in [3.8, 4) is 11.5 Å². The molecular formula is C21H25N3O3S2. The Balaban J connectivity index is 1.81. The summed E-state index contributed by atoms with van der Waals surface area (Å²) in [5.74, 6) is 2.37. The van der Waals surface area contributed by atoms with Crippen molar-refractivity contribution in [1.82, 2.24) is 9.97 Å². The van der Waals surface area contributed by atoms with Gasteiger partial charge in [0.05, 0.1) is 25.7 Å². The van der Waals surface area contributed by atoms with E-state index in [0.717, 1.165) is 21.1 Å². The molecule has 3 rings (SSSR count). The molecule has 2 aromatic heterocycles. The zero-order valence-corrected chi connectivity index (χ0v) is 19.1. The van der Waals surface area contributed by atoms with Gasteiger partial charge in [-0.3, -0.25) is 4.79 Å². The van der Waals surface area contributed by atoms with Crippen LogP contribution in [0.4, 0.5) is 5.69 Å². The van der Waals surface area contributed by atoms with Crippen LogP contribution in [-0.2, 0) is 4.79 Å². The predicted octanol–water partition coefficient (Wildman–Crippen LogP) is 5.18. The Kier molecular flexibility index (Phi) is 6.64. The lowest BCUT2D eigenvalue weighted by Gasteiger charge is -2.12. The third-order valence-corrected chi connectivity index (χ3v) is 6.63. The van der Waals surface area contributed by atoms with Crippen LogP contribution < -0.4 is 14.8 Å². The molecule has 0 fully saturated rings. The molecule has 0 saturated heterocycles. The van der Waals surface area contributed by atoms with Crippen molar-refractivity contribution in [1.29, 1.82) is 0 Å². The van der Waals surface area contributed by atoms with Crippen molar-refractivity contribution in [2.45, 2.75) is 38.6 Å². The highest BCUT2D eigenvalue weighted by molar-refractivity contribution is 8.00. The Morgan fingerprint density at radius 3 is 2.62 bits per heavy atom. The first-order valence-electron chi connectivity index (χ1n) is 9.26. The van der Waals surface area contributed by atoms with Gasteiger partial charge in [-0.1, -0.05) is 25.6 Å². The number of fused-ring (bicyclic) bond motifs is 1. The molecule has 0 spiro atoms. The average Bonchev–Trinajstić information content (AvgIpc) is 3.00. The summed E-state index contributed by atoms with van der Waals surface area (Å²) in [5.41, 5.74) is 1.79. The fourth-order valence-corrected chi connectivity index (χ4v) is 4.81. The number of nitrogens with one attached hydrogen (secondary N) is 1. The maximum Gasteiger partial charge on any atom is 0.234 e. The number of hydrogen-bond donors (Lipinski definition) is 1. The van der Waals surface area contributed by atoms with Gasteiger partial charge in [-0.05, 0) is 31.5 Å². The lowest BCUT2D eigenvalue weighted by molar-refractivity contribution is -0.113. The topological polar surface area (TPSA) is 73.3 Å². The lowest BCUT2D eigenvalue weighted by atomic mass is 10.2. The quantitative estimate of drug-likeness (QED) is 0.410. The monoisotopic (exact) mass is 431 g/mol. The number of methoxy groups -OCH3 is 2. The van der Waals surface area contributed by atoms with Crippen molar-refractivity contribution in [3.05, 3.63) is 34.5 Å². The van der Waals surface area contributed by atoms with E-state index in [4.69, 9.17) is 19.4 Å². The molecule has 2 heterocycles. The van der Waals surface area contributed by atoms with Crippen LogP contribution in [0.15, 0.2) is 23.2 Å². The first-order chi connectivity index (χ1) is 13.8. The van der Waals surface area contributed by atoms with Crippen LogP contribution in [0.3, 0.4) is 0 Å². The fraction of sp³-hybridized carbons (Fsp3) is 0.381. The van der Waals surface area contributed by atoms with Crippen molar-refractivity contribution in [2.75, 3.05) is 25.3 Å². The molecule has 29 heavy (non-hydrogen) atoms. The van der Waals surface area contributed by atoms with Gasteiger partial charge < -0.3 is 14.8 Å². The van der Waals surface area contributed by atoms with Gasteiger partial charge in [0.15, 0.2) is 0 Å². The van der Waals surface area contributed by atoms with Crippen LogP contribution in [0.1, 0.15) is 36.0 Å². The standard InChI is InChI=1S/C21H25N3O3S2/c1-11(2)19-23-20(18-12(3)13(4)29-21(18)24-19)28-10-17(25)22-15-8-7-14(26-5)9-16(15)27-6/h7-9,11H,10H2,1-6H3,(H,22,25). The number of carbonyl (C=O) groups is 1. The minimum absolute atomic E-state index is 0.124. The Morgan fingerprint density at radius 1 is 1.21 bits per heavy atom. The van der Waals surface area contributed by atoms with Gasteiger partial charge in [0.2, 0.25) is 5.91 Å². The SMILES string of the molecule is COc1ccc(NC(=O)CSc2nc(C(C)C)nc3sc(C)c(C)c23)c(OC)c1. The van der Waals surface area contributed by atoms with Crippen LogP contribution in [0.2, 0.25) is 0 Å². The maximum absolute atomic E-state index is 12.6. The molecule has 1 aromatic carbocycles. The zero-order valence-electron chi connectivity index (χ0n) is 17.5. The van der Waals surface area contributed by atoms with E-state index in [1.54, 1.807) is 43.8 Å². The molecule has 6 nitrogen and oxygen atoms in total. The first kappa shape index (κ1) is 21.4. The molecular weight excluding hydrogens is 406 g/mol. The van der Waals surface area contributed by atoms with Gasteiger partial charge in [-0.25, -0.2) is 9.97 Å². The highest BCUT2D eigenvalue weighted by atomic mass is 32.2. The maximum atomic E-state index is 12.6. The number of thioether (sulfide) groups is 1. The number of thiophene rings is 1. The van der Waals surface area contributed by atoms with Crippen LogP contribution in [0, 0.1) is 13.8 Å². The normalized spacial score (nSPS) is 11.1. The molecule has 0 aliphatic carbocycles. The average molecular weight is 432 g/mol. The highest BCUT2D eigenvalue weighted by Crippen LogP contribution is 2.36. The number of ether oxygens (including phenoxy) is 2. The molecule has 0 radical (unpaired) electrons. The second-order valence-electron chi connectivity index (χ2n) is 6.91. The number of benzene rings is 1. The summed E-state index contributed by atoms with van der Waals surface area (Å²) in [4.78, 5) is 24.3. The van der Waals surface area contributed by atoms with Crippen LogP contribution in [0.25, 0.3) is 10.2 Å². The third kappa shape index (κ3) is 4.64. The van der Waals surface area contributed by atoms with E-state index in [1.165, 1.54) is 22.2 Å². The van der Waals surface area contributed by atoms with Gasteiger partial charge in [0, 0.05) is 22.2 Å². The van der Waals surface area contributed by atoms with E-state index in [0.29, 0.717) is 17.2 Å². The molecule has 0 atom stereocenters. The van der Waals surface area contributed by atoms with E-state index in [2.05, 4.69) is 33.0 Å². The number of carbonyl (C=O) groups excluding carboxylic acids is 1. The molecule has 0 aliphatic rings. The number of amides is 1. The second kappa shape index (κ2) is 9.00. The van der Waals surface area contributed by atoms with Crippen molar-refractivity contribution >= 4 is 44.9 Å². The number of hydrogen-bond acceptors (Lipinski definition) is 7. The van der Waals surface area contributed by atoms with E-state index >= 15 is 0 Å². The minimum Gasteiger partial charge on any atom is -0.497 e. The summed E-state index contributed by atoms with van der Waals surface area (Å²) in [5, 5.41) is 4.82. The number of aryl methyl sites for hydroxylation is 2. The number of aromatic nitrogens is 2.